The van der Waals surface area contributed by atoms with Crippen LogP contribution >= 0.6 is 11.6 Å². The van der Waals surface area contributed by atoms with E-state index in [1.54, 1.807) is 43.5 Å². The minimum atomic E-state index is -0.585. The lowest BCUT2D eigenvalue weighted by atomic mass is 10.3. The number of anilines is 3. The quantitative estimate of drug-likeness (QED) is 0.534. The Labute approximate surface area is 171 Å². The second-order valence-electron chi connectivity index (χ2n) is 5.66. The van der Waals surface area contributed by atoms with Gasteiger partial charge in [-0.2, -0.15) is 15.0 Å². The highest BCUT2D eigenvalue weighted by Gasteiger charge is 2.11. The summed E-state index contributed by atoms with van der Waals surface area (Å²) in [6.07, 6.45) is 0. The third-order valence-electron chi connectivity index (χ3n) is 3.59. The maximum Gasteiger partial charge on any atom is 0.344 e. The first-order valence-electron chi connectivity index (χ1n) is 8.48. The van der Waals surface area contributed by atoms with Gasteiger partial charge in [0.2, 0.25) is 11.9 Å². The number of ether oxygens (including phenoxy) is 3. The van der Waals surface area contributed by atoms with Gasteiger partial charge in [-0.25, -0.2) is 4.79 Å². The zero-order valence-corrected chi connectivity index (χ0v) is 16.2. The summed E-state index contributed by atoms with van der Waals surface area (Å²) in [5, 5.41) is 3.57. The smallest absolute Gasteiger partial charge is 0.344 e. The van der Waals surface area contributed by atoms with Crippen molar-refractivity contribution in [1.29, 1.82) is 0 Å². The number of hydrogen-bond acceptors (Lipinski definition) is 9. The Bertz CT molecular complexity index is 985. The molecule has 0 saturated carbocycles. The number of para-hydroxylation sites is 2. The van der Waals surface area contributed by atoms with Crippen LogP contribution in [0.25, 0.3) is 0 Å². The molecule has 0 aliphatic heterocycles. The fourth-order valence-electron chi connectivity index (χ4n) is 2.29. The third-order valence-corrected chi connectivity index (χ3v) is 3.84. The Hall–Kier alpha value is -3.59. The van der Waals surface area contributed by atoms with E-state index < -0.39 is 5.97 Å². The molecule has 9 nitrogen and oxygen atoms in total. The fourth-order valence-corrected chi connectivity index (χ4v) is 2.41. The molecule has 1 heterocycles. The molecule has 0 radical (unpaired) electrons. The van der Waals surface area contributed by atoms with Gasteiger partial charge in [-0.3, -0.25) is 0 Å². The highest BCUT2D eigenvalue weighted by Crippen LogP contribution is 2.25. The summed E-state index contributed by atoms with van der Waals surface area (Å²) in [7, 11) is 1.55. The minimum Gasteiger partial charge on any atom is -0.495 e. The molecule has 0 unspecified atom stereocenters. The summed E-state index contributed by atoms with van der Waals surface area (Å²) in [4.78, 5) is 24.1. The molecule has 0 fully saturated rings. The summed E-state index contributed by atoms with van der Waals surface area (Å²) in [5.74, 6) is 0.900. The van der Waals surface area contributed by atoms with Crippen LogP contribution in [0.2, 0.25) is 5.02 Å². The number of nitrogens with two attached hydrogens (primary N) is 1. The number of aromatic nitrogens is 3. The van der Waals surface area contributed by atoms with Gasteiger partial charge in [-0.15, -0.1) is 0 Å². The largest absolute Gasteiger partial charge is 0.495 e. The summed E-state index contributed by atoms with van der Waals surface area (Å²) in [6.45, 7) is -0.454. The van der Waals surface area contributed by atoms with Gasteiger partial charge >= 0.3 is 5.97 Å². The van der Waals surface area contributed by atoms with Crippen LogP contribution in [0.5, 0.6) is 11.5 Å². The number of nitrogen functional groups attached to an aromatic ring is 1. The van der Waals surface area contributed by atoms with Crippen molar-refractivity contribution in [2.75, 3.05) is 24.8 Å². The average molecular weight is 416 g/mol. The van der Waals surface area contributed by atoms with E-state index in [9.17, 15) is 4.79 Å². The van der Waals surface area contributed by atoms with Crippen molar-refractivity contribution >= 4 is 35.2 Å². The molecule has 1 aromatic heterocycles. The monoisotopic (exact) mass is 415 g/mol. The van der Waals surface area contributed by atoms with Crippen LogP contribution in [-0.4, -0.2) is 34.6 Å². The molecular weight excluding hydrogens is 398 g/mol. The lowest BCUT2D eigenvalue weighted by molar-refractivity contribution is -0.147. The molecule has 2 aromatic carbocycles. The normalized spacial score (nSPS) is 10.3. The van der Waals surface area contributed by atoms with Gasteiger partial charge in [0.05, 0.1) is 12.8 Å². The molecule has 3 N–H and O–H groups in total. The second-order valence-corrected chi connectivity index (χ2v) is 6.10. The van der Waals surface area contributed by atoms with Crippen LogP contribution in [0, 0.1) is 0 Å². The average Bonchev–Trinajstić information content (AvgIpc) is 2.72. The molecule has 0 aliphatic rings. The van der Waals surface area contributed by atoms with E-state index in [0.717, 1.165) is 0 Å². The van der Waals surface area contributed by atoms with Gasteiger partial charge in [-0.05, 0) is 36.4 Å². The molecule has 3 aromatic rings. The Morgan fingerprint density at radius 3 is 2.62 bits per heavy atom. The van der Waals surface area contributed by atoms with Gasteiger partial charge in [-0.1, -0.05) is 23.7 Å². The number of hydrogen-bond donors (Lipinski definition) is 2. The van der Waals surface area contributed by atoms with Crippen molar-refractivity contribution < 1.29 is 19.0 Å². The molecule has 0 amide bonds. The topological polar surface area (TPSA) is 121 Å². The molecule has 10 heteroatoms. The number of carbonyl (C=O) groups is 1. The van der Waals surface area contributed by atoms with Crippen LogP contribution < -0.4 is 20.5 Å². The van der Waals surface area contributed by atoms with Crippen molar-refractivity contribution in [3.05, 3.63) is 59.4 Å². The van der Waals surface area contributed by atoms with Gasteiger partial charge in [0.15, 0.2) is 19.0 Å². The van der Waals surface area contributed by atoms with E-state index in [1.165, 1.54) is 0 Å². The Kier molecular flexibility index (Phi) is 6.64. The van der Waals surface area contributed by atoms with E-state index in [1.807, 2.05) is 12.1 Å². The van der Waals surface area contributed by atoms with Crippen molar-refractivity contribution in [2.45, 2.75) is 6.61 Å². The van der Waals surface area contributed by atoms with Crippen LogP contribution in [-0.2, 0) is 16.1 Å². The Balaban J connectivity index is 1.58. The molecule has 0 saturated heterocycles. The maximum atomic E-state index is 11.9. The summed E-state index contributed by atoms with van der Waals surface area (Å²) in [5.41, 5.74) is 6.38. The summed E-state index contributed by atoms with van der Waals surface area (Å²) < 4.78 is 15.7. The first-order valence-corrected chi connectivity index (χ1v) is 8.86. The van der Waals surface area contributed by atoms with Crippen molar-refractivity contribution in [3.8, 4) is 11.5 Å². The number of halogens is 1. The first-order chi connectivity index (χ1) is 14.0. The summed E-state index contributed by atoms with van der Waals surface area (Å²) >= 11 is 5.80. The highest BCUT2D eigenvalue weighted by atomic mass is 35.5. The number of nitrogens with zero attached hydrogens (tertiary/aromatic N) is 3. The predicted octanol–water partition coefficient (Wildman–Crippen LogP) is 2.98. The molecule has 0 spiro atoms. The van der Waals surface area contributed by atoms with E-state index in [-0.39, 0.29) is 30.9 Å². The third kappa shape index (κ3) is 5.94. The van der Waals surface area contributed by atoms with Crippen molar-refractivity contribution in [2.24, 2.45) is 0 Å². The fraction of sp³-hybridized carbons (Fsp3) is 0.158. The second kappa shape index (κ2) is 9.56. The van der Waals surface area contributed by atoms with E-state index in [4.69, 9.17) is 31.5 Å². The number of benzene rings is 2. The molecular formula is C19H18ClN5O4. The summed E-state index contributed by atoms with van der Waals surface area (Å²) in [6, 6.07) is 13.9. The van der Waals surface area contributed by atoms with Gasteiger partial charge in [0, 0.05) is 5.02 Å². The van der Waals surface area contributed by atoms with Crippen molar-refractivity contribution in [1.82, 2.24) is 15.0 Å². The van der Waals surface area contributed by atoms with E-state index in [2.05, 4.69) is 20.3 Å². The number of rotatable bonds is 8. The highest BCUT2D eigenvalue weighted by molar-refractivity contribution is 6.30. The zero-order chi connectivity index (χ0) is 20.6. The molecule has 3 rings (SSSR count). The van der Waals surface area contributed by atoms with Gasteiger partial charge < -0.3 is 25.3 Å². The van der Waals surface area contributed by atoms with Gasteiger partial charge in [0.1, 0.15) is 11.5 Å². The molecule has 150 valence electrons. The molecule has 0 bridgehead atoms. The van der Waals surface area contributed by atoms with E-state index >= 15 is 0 Å². The lowest BCUT2D eigenvalue weighted by Gasteiger charge is -2.11. The number of esters is 1. The van der Waals surface area contributed by atoms with Crippen LogP contribution in [0.1, 0.15) is 5.82 Å². The zero-order valence-electron chi connectivity index (χ0n) is 15.5. The number of methoxy groups -OCH3 is 1. The molecule has 0 atom stereocenters. The standard InChI is InChI=1S/C19H18ClN5O4/c1-27-15-5-3-2-4-14(15)22-19-24-16(23-18(21)25-19)10-29-17(26)11-28-13-8-6-12(20)7-9-13/h2-9H,10-11H2,1H3,(H3,21,22,23,24,25). The Morgan fingerprint density at radius 2 is 1.86 bits per heavy atom. The van der Waals surface area contributed by atoms with E-state index in [0.29, 0.717) is 22.2 Å². The minimum absolute atomic E-state index is 0.0131. The SMILES string of the molecule is COc1ccccc1Nc1nc(N)nc(COC(=O)COc2ccc(Cl)cc2)n1. The maximum absolute atomic E-state index is 11.9. The van der Waals surface area contributed by atoms with Crippen molar-refractivity contribution in [3.63, 3.8) is 0 Å². The van der Waals surface area contributed by atoms with Gasteiger partial charge in [0.25, 0.3) is 0 Å². The molecule has 29 heavy (non-hydrogen) atoms. The first kappa shape index (κ1) is 20.2. The van der Waals surface area contributed by atoms with Crippen LogP contribution in [0.3, 0.4) is 0 Å². The number of nitrogens with one attached hydrogen (secondary N) is 1. The van der Waals surface area contributed by atoms with Crippen LogP contribution in [0.15, 0.2) is 48.5 Å². The number of carbonyl (C=O) groups excluding carboxylic acids is 1. The van der Waals surface area contributed by atoms with Crippen LogP contribution in [0.4, 0.5) is 17.6 Å². The molecule has 0 aliphatic carbocycles. The lowest BCUT2D eigenvalue weighted by Crippen LogP contribution is -2.16. The predicted molar refractivity (Wildman–Crippen MR) is 107 cm³/mol. The Morgan fingerprint density at radius 1 is 1.10 bits per heavy atom.